The lowest BCUT2D eigenvalue weighted by Crippen LogP contribution is -2.48. The second-order valence-corrected chi connectivity index (χ2v) is 15.3. The Bertz CT molecular complexity index is 2600. The minimum Gasteiger partial charge on any atom is -0.494 e. The maximum atomic E-state index is 6.89. The van der Waals surface area contributed by atoms with E-state index in [1.54, 1.807) is 12.4 Å². The first-order valence-electron chi connectivity index (χ1n) is 19.3. The van der Waals surface area contributed by atoms with E-state index in [4.69, 9.17) is 32.7 Å². The number of aromatic nitrogens is 4. The predicted octanol–water partition coefficient (Wildman–Crippen LogP) is 11.3. The van der Waals surface area contributed by atoms with Gasteiger partial charge >= 0.3 is 0 Å². The Labute approximate surface area is 337 Å². The van der Waals surface area contributed by atoms with Gasteiger partial charge in [-0.15, -0.1) is 0 Å². The number of pyridine rings is 2. The molecule has 10 heteroatoms. The van der Waals surface area contributed by atoms with Crippen molar-refractivity contribution in [1.82, 2.24) is 29.7 Å². The number of ether oxygens (including phenoxy) is 2. The molecular weight excluding hydrogens is 739 g/mol. The third kappa shape index (κ3) is 7.80. The van der Waals surface area contributed by atoms with Crippen molar-refractivity contribution in [1.29, 1.82) is 0 Å². The number of benzene rings is 4. The third-order valence-electron chi connectivity index (χ3n) is 10.8. The molecule has 0 aliphatic rings. The van der Waals surface area contributed by atoms with Crippen molar-refractivity contribution in [3.8, 4) is 33.8 Å². The van der Waals surface area contributed by atoms with Gasteiger partial charge in [-0.1, -0.05) is 73.4 Å². The molecule has 0 aliphatic carbocycles. The zero-order chi connectivity index (χ0) is 38.8. The summed E-state index contributed by atoms with van der Waals surface area (Å²) in [5.74, 6) is 1.70. The van der Waals surface area contributed by atoms with Crippen molar-refractivity contribution in [3.05, 3.63) is 120 Å². The zero-order valence-corrected chi connectivity index (χ0v) is 33.7. The maximum absolute atomic E-state index is 6.89. The molecular formula is C46H46Cl2N6O2. The van der Waals surface area contributed by atoms with Gasteiger partial charge in [-0.05, 0) is 117 Å². The van der Waals surface area contributed by atoms with Crippen LogP contribution in [0.15, 0.2) is 109 Å². The second kappa shape index (κ2) is 16.5. The lowest BCUT2D eigenvalue weighted by molar-refractivity contribution is 0.0484. The van der Waals surface area contributed by atoms with Gasteiger partial charge in [0.1, 0.15) is 28.9 Å². The minimum atomic E-state index is -0.0329. The molecule has 0 spiro atoms. The first-order chi connectivity index (χ1) is 27.3. The highest BCUT2D eigenvalue weighted by atomic mass is 35.5. The van der Waals surface area contributed by atoms with Crippen LogP contribution < -0.4 is 9.47 Å². The van der Waals surface area contributed by atoms with Crippen LogP contribution in [0.4, 0.5) is 0 Å². The molecule has 0 saturated heterocycles. The Morgan fingerprint density at radius 3 is 1.62 bits per heavy atom. The molecule has 0 fully saturated rings. The van der Waals surface area contributed by atoms with Crippen LogP contribution in [0.5, 0.6) is 11.5 Å². The van der Waals surface area contributed by atoms with Crippen molar-refractivity contribution in [2.24, 2.45) is 0 Å². The Morgan fingerprint density at radius 1 is 0.625 bits per heavy atom. The van der Waals surface area contributed by atoms with Gasteiger partial charge < -0.3 is 24.3 Å². The Morgan fingerprint density at radius 2 is 1.12 bits per heavy atom. The van der Waals surface area contributed by atoms with Crippen LogP contribution in [-0.2, 0) is 0 Å². The largest absolute Gasteiger partial charge is 0.494 e. The fraction of sp³-hybridized carbons (Fsp3) is 0.261. The second-order valence-electron chi connectivity index (χ2n) is 14.5. The van der Waals surface area contributed by atoms with Gasteiger partial charge in [0.2, 0.25) is 0 Å². The van der Waals surface area contributed by atoms with Crippen molar-refractivity contribution in [2.75, 3.05) is 40.3 Å². The zero-order valence-electron chi connectivity index (χ0n) is 32.2. The van der Waals surface area contributed by atoms with E-state index in [1.807, 2.05) is 12.1 Å². The molecule has 4 heterocycles. The van der Waals surface area contributed by atoms with Crippen molar-refractivity contribution in [2.45, 2.75) is 38.8 Å². The highest BCUT2D eigenvalue weighted by molar-refractivity contribution is 6.38. The average molecular weight is 786 g/mol. The molecule has 2 atom stereocenters. The summed E-state index contributed by atoms with van der Waals surface area (Å²) in [5, 5.41) is 5.40. The highest BCUT2D eigenvalue weighted by Gasteiger charge is 2.28. The lowest BCUT2D eigenvalue weighted by atomic mass is 10.0. The highest BCUT2D eigenvalue weighted by Crippen LogP contribution is 2.35. The van der Waals surface area contributed by atoms with Crippen LogP contribution in [0.1, 0.15) is 26.7 Å². The monoisotopic (exact) mass is 784 g/mol. The number of H-pyrrole nitrogens is 2. The van der Waals surface area contributed by atoms with E-state index >= 15 is 0 Å². The fourth-order valence-electron chi connectivity index (χ4n) is 7.87. The number of aromatic amines is 2. The Hall–Kier alpha value is -5.12. The minimum absolute atomic E-state index is 0.0329. The SMILES string of the molecule is CCN(CC)C(CCOc1ccc(-c2ccc3[nH]c4nccc(Cl)c4c3c2)cc1)C(CCN(C)C)Oc1ccc(-c2ccc3[nH]c4nccc(Cl)c4c3c2)cc1. The molecule has 0 radical (unpaired) electrons. The molecule has 0 bridgehead atoms. The van der Waals surface area contributed by atoms with E-state index in [-0.39, 0.29) is 12.1 Å². The molecule has 2 N–H and O–H groups in total. The van der Waals surface area contributed by atoms with Gasteiger partial charge in [0.25, 0.3) is 0 Å². The average Bonchev–Trinajstić information content (AvgIpc) is 3.79. The van der Waals surface area contributed by atoms with E-state index in [0.29, 0.717) is 16.7 Å². The van der Waals surface area contributed by atoms with E-state index in [2.05, 4.69) is 143 Å². The lowest BCUT2D eigenvalue weighted by Gasteiger charge is -2.36. The molecule has 8 nitrogen and oxygen atoms in total. The number of halogens is 2. The quantitative estimate of drug-likeness (QED) is 0.108. The molecule has 2 unspecified atom stereocenters. The molecule has 4 aromatic carbocycles. The first kappa shape index (κ1) is 37.8. The van der Waals surface area contributed by atoms with E-state index < -0.39 is 0 Å². The summed E-state index contributed by atoms with van der Waals surface area (Å²) < 4.78 is 13.3. The van der Waals surface area contributed by atoms with Gasteiger partial charge in [0, 0.05) is 64.0 Å². The third-order valence-corrected chi connectivity index (χ3v) is 11.4. The van der Waals surface area contributed by atoms with Gasteiger partial charge in [-0.3, -0.25) is 4.90 Å². The number of rotatable bonds is 15. The normalized spacial score (nSPS) is 13.1. The first-order valence-corrected chi connectivity index (χ1v) is 20.1. The summed E-state index contributed by atoms with van der Waals surface area (Å²) in [5.41, 5.74) is 8.06. The topological polar surface area (TPSA) is 82.3 Å². The smallest absolute Gasteiger partial charge is 0.139 e. The van der Waals surface area contributed by atoms with E-state index in [0.717, 1.165) is 110 Å². The van der Waals surface area contributed by atoms with Crippen molar-refractivity contribution in [3.63, 3.8) is 0 Å². The molecule has 0 saturated carbocycles. The van der Waals surface area contributed by atoms with E-state index in [1.165, 1.54) is 0 Å². The number of nitrogens with zero attached hydrogens (tertiary/aromatic N) is 4. The number of nitrogens with one attached hydrogen (secondary N) is 2. The molecule has 286 valence electrons. The molecule has 4 aromatic heterocycles. The van der Waals surface area contributed by atoms with Gasteiger partial charge in [-0.2, -0.15) is 0 Å². The number of hydrogen-bond acceptors (Lipinski definition) is 6. The van der Waals surface area contributed by atoms with Crippen molar-refractivity contribution >= 4 is 67.1 Å². The maximum Gasteiger partial charge on any atom is 0.139 e. The number of likely N-dealkylation sites (N-methyl/N-ethyl adjacent to an activating group) is 1. The standard InChI is InChI=1S/C46H46Cl2N6O2/c1-5-54(6-2)41(22-26-55-33-13-7-29(8-14-33)31-11-17-39-35(27-31)43-37(47)19-23-49-45(43)51-39)42(21-25-53(3)4)56-34-15-9-30(10-16-34)32-12-18-40-36(28-32)44-38(48)20-24-50-46(44)52-40/h7-20,23-24,27-28,41-42H,5-6,21-22,25-26H2,1-4H3,(H,49,51)(H,50,52). The van der Waals surface area contributed by atoms with Crippen LogP contribution in [0.3, 0.4) is 0 Å². The summed E-state index contributed by atoms with van der Waals surface area (Å²) in [7, 11) is 4.23. The molecule has 8 aromatic rings. The molecule has 0 amide bonds. The van der Waals surface area contributed by atoms with Crippen LogP contribution in [0.25, 0.3) is 66.1 Å². The Balaban J connectivity index is 0.969. The predicted molar refractivity (Wildman–Crippen MR) is 232 cm³/mol. The van der Waals surface area contributed by atoms with Crippen LogP contribution in [0, 0.1) is 0 Å². The van der Waals surface area contributed by atoms with Crippen LogP contribution >= 0.6 is 23.2 Å². The van der Waals surface area contributed by atoms with Crippen LogP contribution in [-0.4, -0.2) is 82.2 Å². The van der Waals surface area contributed by atoms with Gasteiger partial charge in [0.15, 0.2) is 0 Å². The van der Waals surface area contributed by atoms with Crippen molar-refractivity contribution < 1.29 is 9.47 Å². The van der Waals surface area contributed by atoms with Gasteiger partial charge in [0.05, 0.1) is 16.7 Å². The molecule has 0 aliphatic heterocycles. The van der Waals surface area contributed by atoms with E-state index in [9.17, 15) is 0 Å². The summed E-state index contributed by atoms with van der Waals surface area (Å²) in [6.07, 6.45) is 5.14. The molecule has 56 heavy (non-hydrogen) atoms. The summed E-state index contributed by atoms with van der Waals surface area (Å²) in [4.78, 5) is 20.4. The summed E-state index contributed by atoms with van der Waals surface area (Å²) in [6, 6.07) is 33.4. The van der Waals surface area contributed by atoms with Gasteiger partial charge in [-0.25, -0.2) is 9.97 Å². The summed E-state index contributed by atoms with van der Waals surface area (Å²) in [6.45, 7) is 7.78. The number of fused-ring (bicyclic) bond motifs is 6. The Kier molecular flexibility index (Phi) is 11.2. The fourth-order valence-corrected chi connectivity index (χ4v) is 8.36. The molecule has 8 rings (SSSR count). The number of hydrogen-bond donors (Lipinski definition) is 2. The van der Waals surface area contributed by atoms with Crippen LogP contribution in [0.2, 0.25) is 10.0 Å². The summed E-state index contributed by atoms with van der Waals surface area (Å²) >= 11 is 13.1.